The van der Waals surface area contributed by atoms with Crippen LogP contribution in [0, 0.1) is 5.92 Å². The third-order valence-electron chi connectivity index (χ3n) is 2.12. The summed E-state index contributed by atoms with van der Waals surface area (Å²) in [6.45, 7) is 3.63. The molecule has 0 radical (unpaired) electrons. The zero-order chi connectivity index (χ0) is 13.8. The van der Waals surface area contributed by atoms with Crippen molar-refractivity contribution in [1.82, 2.24) is 0 Å². The number of hydrogen-bond donors (Lipinski definition) is 2. The van der Waals surface area contributed by atoms with E-state index in [0.29, 0.717) is 4.48 Å². The number of likely N-dealkylation sites (N-methyl/N-ethyl adjacent to an activating group) is 1. The van der Waals surface area contributed by atoms with Crippen LogP contribution in [0.25, 0.3) is 0 Å². The Bertz CT molecular complexity index is 324. The Kier molecular flexibility index (Phi) is 5.51. The SMILES string of the molecule is CC(C)=CC(=O)C(C(=O)O)C(O)C[N+](C)(C)C. The summed E-state index contributed by atoms with van der Waals surface area (Å²) in [4.78, 5) is 22.7. The van der Waals surface area contributed by atoms with Crippen molar-refractivity contribution in [1.29, 1.82) is 0 Å². The van der Waals surface area contributed by atoms with Gasteiger partial charge in [-0.2, -0.15) is 0 Å². The van der Waals surface area contributed by atoms with Crippen molar-refractivity contribution in [2.75, 3.05) is 27.7 Å². The quantitative estimate of drug-likeness (QED) is 0.400. The third kappa shape index (κ3) is 6.19. The summed E-state index contributed by atoms with van der Waals surface area (Å²) in [5.74, 6) is -3.23. The number of rotatable bonds is 6. The number of aliphatic carboxylic acids is 1. The lowest BCUT2D eigenvalue weighted by atomic mass is 9.95. The van der Waals surface area contributed by atoms with Gasteiger partial charge < -0.3 is 14.7 Å². The number of carboxylic acids is 1. The molecule has 0 aliphatic carbocycles. The standard InChI is InChI=1S/C12H21NO4/c1-8(2)6-9(14)11(12(16)17)10(15)7-13(3,4)5/h6,10-11,15H,7H2,1-5H3/p+1. The van der Waals surface area contributed by atoms with Crippen LogP contribution in [0.3, 0.4) is 0 Å². The molecule has 0 aromatic rings. The van der Waals surface area contributed by atoms with Gasteiger partial charge in [0.25, 0.3) is 0 Å². The maximum atomic E-state index is 11.7. The summed E-state index contributed by atoms with van der Waals surface area (Å²) in [7, 11) is 5.48. The topological polar surface area (TPSA) is 74.6 Å². The van der Waals surface area contributed by atoms with E-state index in [2.05, 4.69) is 0 Å². The minimum absolute atomic E-state index is 0.208. The molecule has 0 aliphatic heterocycles. The molecule has 0 saturated carbocycles. The van der Waals surface area contributed by atoms with Gasteiger partial charge in [-0.25, -0.2) is 0 Å². The van der Waals surface area contributed by atoms with E-state index in [-0.39, 0.29) is 6.54 Å². The molecule has 2 N–H and O–H groups in total. The number of aliphatic hydroxyl groups excluding tert-OH is 1. The highest BCUT2D eigenvalue weighted by Gasteiger charge is 2.35. The molecule has 0 fully saturated rings. The fourth-order valence-electron chi connectivity index (χ4n) is 1.52. The number of hydrogen-bond acceptors (Lipinski definition) is 3. The summed E-state index contributed by atoms with van der Waals surface area (Å²) < 4.78 is 0.396. The molecule has 0 saturated heterocycles. The molecule has 0 amide bonds. The lowest BCUT2D eigenvalue weighted by molar-refractivity contribution is -0.873. The first-order chi connectivity index (χ1) is 7.54. The number of ketones is 1. The second kappa shape index (κ2) is 5.93. The highest BCUT2D eigenvalue weighted by atomic mass is 16.4. The fraction of sp³-hybridized carbons (Fsp3) is 0.667. The highest BCUT2D eigenvalue weighted by molar-refractivity contribution is 6.05. The van der Waals surface area contributed by atoms with Crippen LogP contribution < -0.4 is 0 Å². The Morgan fingerprint density at radius 2 is 1.71 bits per heavy atom. The van der Waals surface area contributed by atoms with E-state index in [1.54, 1.807) is 13.8 Å². The van der Waals surface area contributed by atoms with Crippen LogP contribution in [-0.4, -0.2) is 60.2 Å². The molecule has 0 aromatic carbocycles. The van der Waals surface area contributed by atoms with E-state index >= 15 is 0 Å². The highest BCUT2D eigenvalue weighted by Crippen LogP contribution is 2.11. The van der Waals surface area contributed by atoms with E-state index in [1.807, 2.05) is 21.1 Å². The monoisotopic (exact) mass is 244 g/mol. The largest absolute Gasteiger partial charge is 0.481 e. The number of allylic oxidation sites excluding steroid dienone is 2. The Hall–Kier alpha value is -1.20. The van der Waals surface area contributed by atoms with Crippen molar-refractivity contribution in [3.8, 4) is 0 Å². The molecule has 2 atom stereocenters. The van der Waals surface area contributed by atoms with Gasteiger partial charge in [0.1, 0.15) is 12.6 Å². The lowest BCUT2D eigenvalue weighted by Crippen LogP contribution is -2.47. The Labute approximate surface area is 102 Å². The van der Waals surface area contributed by atoms with Crippen LogP contribution in [0.4, 0.5) is 0 Å². The zero-order valence-corrected chi connectivity index (χ0v) is 11.1. The Morgan fingerprint density at radius 3 is 2.00 bits per heavy atom. The van der Waals surface area contributed by atoms with Crippen LogP contribution in [0.5, 0.6) is 0 Å². The molecule has 0 rings (SSSR count). The zero-order valence-electron chi connectivity index (χ0n) is 11.1. The second-order valence-corrected chi connectivity index (χ2v) is 5.48. The molecule has 0 aliphatic rings. The molecule has 5 heteroatoms. The van der Waals surface area contributed by atoms with E-state index < -0.39 is 23.8 Å². The van der Waals surface area contributed by atoms with Crippen LogP contribution >= 0.6 is 0 Å². The predicted molar refractivity (Wildman–Crippen MR) is 64.5 cm³/mol. The van der Waals surface area contributed by atoms with E-state index in [0.717, 1.165) is 5.57 Å². The van der Waals surface area contributed by atoms with Crippen molar-refractivity contribution in [2.45, 2.75) is 20.0 Å². The fourth-order valence-corrected chi connectivity index (χ4v) is 1.52. The van der Waals surface area contributed by atoms with Crippen molar-refractivity contribution < 1.29 is 24.3 Å². The summed E-state index contributed by atoms with van der Waals surface area (Å²) in [5.41, 5.74) is 0.721. The number of carbonyl (C=O) groups is 2. The molecule has 0 spiro atoms. The molecule has 0 aromatic heterocycles. The van der Waals surface area contributed by atoms with Gasteiger partial charge in [0.05, 0.1) is 21.1 Å². The van der Waals surface area contributed by atoms with E-state index in [1.165, 1.54) is 6.08 Å². The van der Waals surface area contributed by atoms with E-state index in [9.17, 15) is 14.7 Å². The minimum atomic E-state index is -1.39. The van der Waals surface area contributed by atoms with Crippen LogP contribution in [0.2, 0.25) is 0 Å². The first-order valence-electron chi connectivity index (χ1n) is 5.44. The first kappa shape index (κ1) is 15.8. The normalized spacial score (nSPS) is 14.9. The van der Waals surface area contributed by atoms with Crippen molar-refractivity contribution in [2.24, 2.45) is 5.92 Å². The van der Waals surface area contributed by atoms with Crippen molar-refractivity contribution in [3.63, 3.8) is 0 Å². The summed E-state index contributed by atoms with van der Waals surface area (Å²) in [6.07, 6.45) is 0.0769. The molecule has 5 nitrogen and oxygen atoms in total. The number of carbonyl (C=O) groups excluding carboxylic acids is 1. The van der Waals surface area contributed by atoms with Gasteiger partial charge in [0.2, 0.25) is 0 Å². The van der Waals surface area contributed by atoms with Crippen LogP contribution in [0.1, 0.15) is 13.8 Å². The maximum Gasteiger partial charge on any atom is 0.317 e. The van der Waals surface area contributed by atoms with Crippen LogP contribution in [-0.2, 0) is 9.59 Å². The van der Waals surface area contributed by atoms with Gasteiger partial charge in [0.15, 0.2) is 11.7 Å². The van der Waals surface area contributed by atoms with Crippen molar-refractivity contribution in [3.05, 3.63) is 11.6 Å². The number of aliphatic hydroxyl groups is 1. The molecule has 98 valence electrons. The average molecular weight is 244 g/mol. The maximum absolute atomic E-state index is 11.7. The lowest BCUT2D eigenvalue weighted by Gasteiger charge is -2.28. The number of quaternary nitrogens is 1. The molecule has 0 bridgehead atoms. The molecular formula is C12H22NO4+. The predicted octanol–water partition coefficient (Wildman–Crippen LogP) is 0.290. The summed E-state index contributed by atoms with van der Waals surface area (Å²) >= 11 is 0. The Balaban J connectivity index is 4.93. The van der Waals surface area contributed by atoms with Crippen molar-refractivity contribution >= 4 is 11.8 Å². The summed E-state index contributed by atoms with van der Waals surface area (Å²) in [5, 5.41) is 18.9. The van der Waals surface area contributed by atoms with E-state index in [4.69, 9.17) is 5.11 Å². The van der Waals surface area contributed by atoms with Gasteiger partial charge in [-0.1, -0.05) is 5.57 Å². The van der Waals surface area contributed by atoms with Gasteiger partial charge >= 0.3 is 5.97 Å². The third-order valence-corrected chi connectivity index (χ3v) is 2.12. The number of nitrogens with zero attached hydrogens (tertiary/aromatic N) is 1. The van der Waals surface area contributed by atoms with Gasteiger partial charge in [-0.05, 0) is 19.9 Å². The number of carboxylic acid groups (broad SMARTS) is 1. The van der Waals surface area contributed by atoms with Crippen LogP contribution in [0.15, 0.2) is 11.6 Å². The minimum Gasteiger partial charge on any atom is -0.481 e. The smallest absolute Gasteiger partial charge is 0.317 e. The summed E-state index contributed by atoms with van der Waals surface area (Å²) in [6, 6.07) is 0. The first-order valence-corrected chi connectivity index (χ1v) is 5.44. The van der Waals surface area contributed by atoms with Gasteiger partial charge in [-0.3, -0.25) is 9.59 Å². The average Bonchev–Trinajstić information content (AvgIpc) is 1.96. The molecule has 0 heterocycles. The Morgan fingerprint density at radius 1 is 1.24 bits per heavy atom. The van der Waals surface area contributed by atoms with Gasteiger partial charge in [0, 0.05) is 0 Å². The molecule has 17 heavy (non-hydrogen) atoms. The molecule has 2 unspecified atom stereocenters. The second-order valence-electron chi connectivity index (χ2n) is 5.48. The van der Waals surface area contributed by atoms with Gasteiger partial charge in [-0.15, -0.1) is 0 Å². The molecular weight excluding hydrogens is 222 g/mol.